The van der Waals surface area contributed by atoms with Gasteiger partial charge in [-0.15, -0.1) is 11.3 Å². The molecule has 158 valence electrons. The Morgan fingerprint density at radius 3 is 2.13 bits per heavy atom. The number of rotatable bonds is 8. The van der Waals surface area contributed by atoms with Crippen LogP contribution in [-0.2, 0) is 6.54 Å². The molecule has 30 heavy (non-hydrogen) atoms. The number of carbonyl (C=O) groups is 1. The standard InChI is InChI=1S/C22H24N2O5S/c1-13-20(21(25)23-12-14-6-8-16(26-2)18(10-14)28-4)30-22(24-13)15-7-9-17(27-3)19(11-15)29-5/h6-11H,12H2,1-5H3,(H,23,25). The van der Waals surface area contributed by atoms with Gasteiger partial charge in [0, 0.05) is 12.1 Å². The van der Waals surface area contributed by atoms with Crippen LogP contribution in [0.15, 0.2) is 36.4 Å². The molecular weight excluding hydrogens is 404 g/mol. The molecule has 1 aromatic heterocycles. The maximum Gasteiger partial charge on any atom is 0.263 e. The quantitative estimate of drug-likeness (QED) is 0.582. The highest BCUT2D eigenvalue weighted by Crippen LogP contribution is 2.35. The van der Waals surface area contributed by atoms with E-state index >= 15 is 0 Å². The van der Waals surface area contributed by atoms with Gasteiger partial charge in [-0.1, -0.05) is 6.07 Å². The fourth-order valence-electron chi connectivity index (χ4n) is 2.95. The second kappa shape index (κ2) is 9.49. The fraction of sp³-hybridized carbons (Fsp3) is 0.273. The minimum atomic E-state index is -0.175. The zero-order valence-electron chi connectivity index (χ0n) is 17.6. The minimum absolute atomic E-state index is 0.175. The average Bonchev–Trinajstić information content (AvgIpc) is 3.18. The Hall–Kier alpha value is -3.26. The van der Waals surface area contributed by atoms with Crippen LogP contribution in [0.2, 0.25) is 0 Å². The number of nitrogens with zero attached hydrogens (tertiary/aromatic N) is 1. The molecule has 1 amide bonds. The largest absolute Gasteiger partial charge is 0.493 e. The molecule has 0 aliphatic rings. The van der Waals surface area contributed by atoms with Crippen LogP contribution in [0.4, 0.5) is 0 Å². The molecule has 0 saturated carbocycles. The molecule has 3 aromatic rings. The van der Waals surface area contributed by atoms with Gasteiger partial charge in [0.2, 0.25) is 0 Å². The van der Waals surface area contributed by atoms with Crippen LogP contribution in [-0.4, -0.2) is 39.3 Å². The molecule has 0 spiro atoms. The maximum absolute atomic E-state index is 12.7. The topological polar surface area (TPSA) is 78.9 Å². The molecule has 0 aliphatic carbocycles. The van der Waals surface area contributed by atoms with Crippen LogP contribution in [0, 0.1) is 6.92 Å². The van der Waals surface area contributed by atoms with Crippen molar-refractivity contribution in [3.8, 4) is 33.6 Å². The van der Waals surface area contributed by atoms with Gasteiger partial charge in [-0.2, -0.15) is 0 Å². The molecule has 0 fully saturated rings. The Bertz CT molecular complexity index is 1050. The smallest absolute Gasteiger partial charge is 0.263 e. The van der Waals surface area contributed by atoms with Gasteiger partial charge in [0.05, 0.1) is 34.1 Å². The van der Waals surface area contributed by atoms with E-state index < -0.39 is 0 Å². The summed E-state index contributed by atoms with van der Waals surface area (Å²) in [7, 11) is 6.34. The van der Waals surface area contributed by atoms with Crippen LogP contribution in [0.3, 0.4) is 0 Å². The number of hydrogen-bond acceptors (Lipinski definition) is 7. The lowest BCUT2D eigenvalue weighted by atomic mass is 10.2. The van der Waals surface area contributed by atoms with Crippen LogP contribution in [0.1, 0.15) is 20.9 Å². The first kappa shape index (κ1) is 21.4. The summed E-state index contributed by atoms with van der Waals surface area (Å²) in [6.07, 6.45) is 0. The van der Waals surface area contributed by atoms with E-state index in [2.05, 4.69) is 10.3 Å². The number of thiazole rings is 1. The highest BCUT2D eigenvalue weighted by molar-refractivity contribution is 7.17. The van der Waals surface area contributed by atoms with Gasteiger partial charge in [-0.25, -0.2) is 4.98 Å². The summed E-state index contributed by atoms with van der Waals surface area (Å²) in [5.74, 6) is 2.34. The van der Waals surface area contributed by atoms with Crippen molar-refractivity contribution in [2.24, 2.45) is 0 Å². The van der Waals surface area contributed by atoms with E-state index in [1.807, 2.05) is 43.3 Å². The molecule has 0 atom stereocenters. The summed E-state index contributed by atoms with van der Waals surface area (Å²) in [4.78, 5) is 17.9. The molecule has 7 nitrogen and oxygen atoms in total. The lowest BCUT2D eigenvalue weighted by Crippen LogP contribution is -2.22. The van der Waals surface area contributed by atoms with Crippen molar-refractivity contribution in [3.63, 3.8) is 0 Å². The molecule has 0 radical (unpaired) electrons. The second-order valence-corrected chi connectivity index (χ2v) is 7.37. The Labute approximate surface area is 179 Å². The molecule has 1 N–H and O–H groups in total. The molecule has 0 saturated heterocycles. The molecule has 3 rings (SSSR count). The number of nitrogens with one attached hydrogen (secondary N) is 1. The highest BCUT2D eigenvalue weighted by Gasteiger charge is 2.17. The third kappa shape index (κ3) is 4.49. The average molecular weight is 429 g/mol. The van der Waals surface area contributed by atoms with E-state index in [1.165, 1.54) is 11.3 Å². The number of benzene rings is 2. The predicted molar refractivity (Wildman–Crippen MR) is 116 cm³/mol. The van der Waals surface area contributed by atoms with Crippen LogP contribution in [0.5, 0.6) is 23.0 Å². The van der Waals surface area contributed by atoms with Crippen molar-refractivity contribution < 1.29 is 23.7 Å². The predicted octanol–water partition coefficient (Wildman–Crippen LogP) is 4.08. The monoisotopic (exact) mass is 428 g/mol. The van der Waals surface area contributed by atoms with Crippen LogP contribution in [0.25, 0.3) is 10.6 Å². The number of amides is 1. The van der Waals surface area contributed by atoms with Crippen LogP contribution >= 0.6 is 11.3 Å². The molecule has 0 bridgehead atoms. The third-order valence-corrected chi connectivity index (χ3v) is 5.74. The van der Waals surface area contributed by atoms with Gasteiger partial charge >= 0.3 is 0 Å². The molecule has 1 heterocycles. The lowest BCUT2D eigenvalue weighted by Gasteiger charge is -2.10. The van der Waals surface area contributed by atoms with E-state index in [9.17, 15) is 4.79 Å². The molecule has 2 aromatic carbocycles. The summed E-state index contributed by atoms with van der Waals surface area (Å²) in [5.41, 5.74) is 2.44. The van der Waals surface area contributed by atoms with E-state index in [1.54, 1.807) is 28.4 Å². The number of aromatic nitrogens is 1. The fourth-order valence-corrected chi connectivity index (χ4v) is 3.93. The van der Waals surface area contributed by atoms with Gasteiger partial charge in [-0.05, 0) is 42.8 Å². The third-order valence-electron chi connectivity index (χ3n) is 4.53. The Kier molecular flexibility index (Phi) is 6.79. The lowest BCUT2D eigenvalue weighted by molar-refractivity contribution is 0.0954. The SMILES string of the molecule is COc1ccc(CNC(=O)c2sc(-c3ccc(OC)c(OC)c3)nc2C)cc1OC. The highest BCUT2D eigenvalue weighted by atomic mass is 32.1. The number of methoxy groups -OCH3 is 4. The van der Waals surface area contributed by atoms with Crippen LogP contribution < -0.4 is 24.3 Å². The molecular formula is C22H24N2O5S. The van der Waals surface area contributed by atoms with E-state index in [0.717, 1.165) is 16.1 Å². The Balaban J connectivity index is 1.76. The number of ether oxygens (including phenoxy) is 4. The van der Waals surface area contributed by atoms with Crippen molar-refractivity contribution in [2.45, 2.75) is 13.5 Å². The zero-order chi connectivity index (χ0) is 21.7. The second-order valence-electron chi connectivity index (χ2n) is 6.38. The number of carbonyl (C=O) groups excluding carboxylic acids is 1. The van der Waals surface area contributed by atoms with E-state index in [0.29, 0.717) is 40.1 Å². The minimum Gasteiger partial charge on any atom is -0.493 e. The van der Waals surface area contributed by atoms with Gasteiger partial charge in [-0.3, -0.25) is 4.79 Å². The van der Waals surface area contributed by atoms with Crippen molar-refractivity contribution in [1.82, 2.24) is 10.3 Å². The number of hydrogen-bond donors (Lipinski definition) is 1. The van der Waals surface area contributed by atoms with Gasteiger partial charge in [0.25, 0.3) is 5.91 Å². The first-order valence-electron chi connectivity index (χ1n) is 9.19. The summed E-state index contributed by atoms with van der Waals surface area (Å²) in [6.45, 7) is 2.19. The van der Waals surface area contributed by atoms with Crippen molar-refractivity contribution in [2.75, 3.05) is 28.4 Å². The first-order valence-corrected chi connectivity index (χ1v) is 10.0. The molecule has 8 heteroatoms. The summed E-state index contributed by atoms with van der Waals surface area (Å²) < 4.78 is 21.2. The molecule has 0 unspecified atom stereocenters. The van der Waals surface area contributed by atoms with E-state index in [4.69, 9.17) is 18.9 Å². The Morgan fingerprint density at radius 1 is 0.900 bits per heavy atom. The van der Waals surface area contributed by atoms with Crippen molar-refractivity contribution >= 4 is 17.2 Å². The van der Waals surface area contributed by atoms with Crippen molar-refractivity contribution in [3.05, 3.63) is 52.5 Å². The normalized spacial score (nSPS) is 10.4. The summed E-state index contributed by atoms with van der Waals surface area (Å²) >= 11 is 1.34. The van der Waals surface area contributed by atoms with Gasteiger partial charge in [0.15, 0.2) is 23.0 Å². The zero-order valence-corrected chi connectivity index (χ0v) is 18.4. The van der Waals surface area contributed by atoms with E-state index in [-0.39, 0.29) is 5.91 Å². The van der Waals surface area contributed by atoms with Crippen molar-refractivity contribution in [1.29, 1.82) is 0 Å². The molecule has 0 aliphatic heterocycles. The van der Waals surface area contributed by atoms with Gasteiger partial charge < -0.3 is 24.3 Å². The first-order chi connectivity index (χ1) is 14.5. The van der Waals surface area contributed by atoms with Gasteiger partial charge in [0.1, 0.15) is 9.88 Å². The summed E-state index contributed by atoms with van der Waals surface area (Å²) in [6, 6.07) is 11.1. The maximum atomic E-state index is 12.7. The Morgan fingerprint density at radius 2 is 1.50 bits per heavy atom. The summed E-state index contributed by atoms with van der Waals surface area (Å²) in [5, 5.41) is 3.68. The number of aryl methyl sites for hydroxylation is 1.